The number of nitrogens with zero attached hydrogens (tertiary/aromatic N) is 7. The van der Waals surface area contributed by atoms with Crippen LogP contribution in [0.1, 0.15) is 6.92 Å². The molecule has 0 amide bonds. The Kier molecular flexibility index (Phi) is 5.17. The van der Waals surface area contributed by atoms with Gasteiger partial charge in [0, 0.05) is 17.6 Å². The van der Waals surface area contributed by atoms with Gasteiger partial charge in [-0.25, -0.2) is 14.1 Å². The Morgan fingerprint density at radius 3 is 2.84 bits per heavy atom. The second kappa shape index (κ2) is 8.27. The van der Waals surface area contributed by atoms with Gasteiger partial charge in [0.1, 0.15) is 18.9 Å². The van der Waals surface area contributed by atoms with Crippen molar-refractivity contribution < 1.29 is 4.57 Å². The molecule has 0 aliphatic heterocycles. The van der Waals surface area contributed by atoms with Crippen LogP contribution >= 0.6 is 11.3 Å². The minimum atomic E-state index is 0.648. The minimum absolute atomic E-state index is 0.648. The summed E-state index contributed by atoms with van der Waals surface area (Å²) in [7, 11) is 2.04. The largest absolute Gasteiger partial charge is 0.368 e. The Bertz CT molecular complexity index is 1300. The van der Waals surface area contributed by atoms with Crippen LogP contribution in [0, 0.1) is 0 Å². The third-order valence-electron chi connectivity index (χ3n) is 5.24. The number of imidazole rings is 1. The van der Waals surface area contributed by atoms with Crippen molar-refractivity contribution in [1.29, 1.82) is 0 Å². The van der Waals surface area contributed by atoms with Crippen LogP contribution in [0.2, 0.25) is 0 Å². The van der Waals surface area contributed by atoms with E-state index < -0.39 is 0 Å². The predicted molar refractivity (Wildman–Crippen MR) is 123 cm³/mol. The first-order valence-electron chi connectivity index (χ1n) is 10.2. The summed E-state index contributed by atoms with van der Waals surface area (Å²) in [6, 6.07) is 12.3. The number of azo groups is 1. The predicted octanol–water partition coefficient (Wildman–Crippen LogP) is 4.74. The maximum Gasteiger partial charge on any atom is 0.243 e. The number of rotatable bonds is 7. The number of aromatic amines is 1. The third kappa shape index (κ3) is 4.17. The smallest absolute Gasteiger partial charge is 0.243 e. The van der Waals surface area contributed by atoms with E-state index in [2.05, 4.69) is 83.3 Å². The maximum atomic E-state index is 4.57. The van der Waals surface area contributed by atoms with Gasteiger partial charge in [0.15, 0.2) is 0 Å². The van der Waals surface area contributed by atoms with Crippen LogP contribution in [0.25, 0.3) is 21.1 Å². The van der Waals surface area contributed by atoms with Crippen molar-refractivity contribution in [3.05, 3.63) is 61.3 Å². The highest BCUT2D eigenvalue weighted by molar-refractivity contribution is 7.22. The van der Waals surface area contributed by atoms with Crippen molar-refractivity contribution in [2.24, 2.45) is 17.3 Å². The topological polar surface area (TPSA) is 78.3 Å². The highest BCUT2D eigenvalue weighted by Crippen LogP contribution is 2.32. The van der Waals surface area contributed by atoms with Gasteiger partial charge in [0.25, 0.3) is 0 Å². The molecule has 0 spiro atoms. The van der Waals surface area contributed by atoms with Gasteiger partial charge in [-0.15, -0.1) is 10.2 Å². The highest BCUT2D eigenvalue weighted by Gasteiger charge is 2.08. The zero-order chi connectivity index (χ0) is 21.2. The summed E-state index contributed by atoms with van der Waals surface area (Å²) in [5.74, 6) is 0. The number of aryl methyl sites for hydroxylation is 1. The lowest BCUT2D eigenvalue weighted by Crippen LogP contribution is -2.28. The van der Waals surface area contributed by atoms with Crippen LogP contribution in [0.15, 0.2) is 71.5 Å². The molecule has 156 valence electrons. The first kappa shape index (κ1) is 19.4. The molecular weight excluding hydrogens is 408 g/mol. The highest BCUT2D eigenvalue weighted by atomic mass is 32.1. The number of H-pyrrole nitrogens is 1. The Balaban J connectivity index is 1.27. The summed E-state index contributed by atoms with van der Waals surface area (Å²) < 4.78 is 5.33. The average molecular weight is 432 g/mol. The fourth-order valence-corrected chi connectivity index (χ4v) is 4.38. The summed E-state index contributed by atoms with van der Waals surface area (Å²) >= 11 is 1.53. The van der Waals surface area contributed by atoms with E-state index in [1.54, 1.807) is 0 Å². The Hall–Kier alpha value is -3.59. The number of fused-ring (bicyclic) bond motifs is 2. The molecule has 0 saturated heterocycles. The Morgan fingerprint density at radius 2 is 2.06 bits per heavy atom. The first-order valence-corrected chi connectivity index (χ1v) is 11.0. The minimum Gasteiger partial charge on any atom is -0.368 e. The van der Waals surface area contributed by atoms with Gasteiger partial charge < -0.3 is 4.90 Å². The zero-order valence-corrected chi connectivity index (χ0v) is 18.3. The molecule has 3 heterocycles. The molecule has 0 atom stereocenters. The fraction of sp³-hybridized carbons (Fsp3) is 0.227. The lowest BCUT2D eigenvalue weighted by molar-refractivity contribution is -0.671. The van der Waals surface area contributed by atoms with Crippen LogP contribution in [0.4, 0.5) is 16.5 Å². The van der Waals surface area contributed by atoms with Crippen molar-refractivity contribution >= 4 is 49.0 Å². The molecule has 1 N–H and O–H groups in total. The number of hydrogen-bond acceptors (Lipinski definition) is 6. The Morgan fingerprint density at radius 1 is 1.19 bits per heavy atom. The van der Waals surface area contributed by atoms with E-state index in [-0.39, 0.29) is 0 Å². The van der Waals surface area contributed by atoms with Crippen molar-refractivity contribution in [3.63, 3.8) is 0 Å². The number of thiazole rings is 1. The monoisotopic (exact) mass is 431 g/mol. The number of benzene rings is 2. The number of anilines is 1. The molecule has 0 saturated carbocycles. The first-order chi connectivity index (χ1) is 15.2. The second-order valence-electron chi connectivity index (χ2n) is 7.39. The van der Waals surface area contributed by atoms with Gasteiger partial charge in [-0.3, -0.25) is 5.10 Å². The van der Waals surface area contributed by atoms with Gasteiger partial charge >= 0.3 is 0 Å². The number of likely N-dealkylation sites (N-methyl/N-ethyl adjacent to an activating group) is 1. The van der Waals surface area contributed by atoms with E-state index in [0.717, 1.165) is 46.4 Å². The van der Waals surface area contributed by atoms with Gasteiger partial charge in [-0.05, 0) is 43.3 Å². The molecule has 0 radical (unpaired) electrons. The van der Waals surface area contributed by atoms with Crippen LogP contribution in [-0.2, 0) is 13.6 Å². The molecule has 8 nitrogen and oxygen atoms in total. The van der Waals surface area contributed by atoms with Crippen molar-refractivity contribution in [2.45, 2.75) is 13.5 Å². The van der Waals surface area contributed by atoms with Crippen LogP contribution in [-0.4, -0.2) is 32.8 Å². The van der Waals surface area contributed by atoms with E-state index in [0.29, 0.717) is 5.13 Å². The summed E-state index contributed by atoms with van der Waals surface area (Å²) in [6.07, 6.45) is 8.06. The molecule has 5 aromatic rings. The molecule has 9 heteroatoms. The van der Waals surface area contributed by atoms with E-state index in [9.17, 15) is 0 Å². The fourth-order valence-electron chi connectivity index (χ4n) is 3.57. The van der Waals surface area contributed by atoms with E-state index in [1.807, 2.05) is 31.4 Å². The molecule has 0 fully saturated rings. The summed E-state index contributed by atoms with van der Waals surface area (Å²) in [4.78, 5) is 6.92. The van der Waals surface area contributed by atoms with Gasteiger partial charge in [0.2, 0.25) is 11.5 Å². The SMILES string of the molecule is CCN(CCn1cc[n+](C)c1)c1ccc(/N=N/c2nc3cc4[nH]ncc4cc3s2)cc1. The van der Waals surface area contributed by atoms with E-state index in [4.69, 9.17) is 0 Å². The molecule has 5 rings (SSSR count). The molecule has 0 bridgehead atoms. The average Bonchev–Trinajstić information content (AvgIpc) is 3.50. The van der Waals surface area contributed by atoms with Gasteiger partial charge in [-0.2, -0.15) is 5.10 Å². The Labute approximate surface area is 183 Å². The van der Waals surface area contributed by atoms with Gasteiger partial charge in [-0.1, -0.05) is 11.3 Å². The van der Waals surface area contributed by atoms with E-state index >= 15 is 0 Å². The maximum absolute atomic E-state index is 4.57. The normalized spacial score (nSPS) is 11.8. The van der Waals surface area contributed by atoms with E-state index in [1.165, 1.54) is 17.0 Å². The van der Waals surface area contributed by atoms with Crippen LogP contribution in [0.3, 0.4) is 0 Å². The summed E-state index contributed by atoms with van der Waals surface area (Å²) in [5, 5.41) is 17.5. The quantitative estimate of drug-likeness (QED) is 0.299. The van der Waals surface area contributed by atoms with Crippen LogP contribution in [0.5, 0.6) is 0 Å². The lowest BCUT2D eigenvalue weighted by Gasteiger charge is -2.22. The molecule has 0 aliphatic carbocycles. The van der Waals surface area contributed by atoms with Crippen molar-refractivity contribution in [3.8, 4) is 0 Å². The van der Waals surface area contributed by atoms with Crippen molar-refractivity contribution in [2.75, 3.05) is 18.0 Å². The lowest BCUT2D eigenvalue weighted by atomic mass is 10.2. The summed E-state index contributed by atoms with van der Waals surface area (Å²) in [5.41, 5.74) is 3.87. The zero-order valence-electron chi connectivity index (χ0n) is 17.4. The molecule has 31 heavy (non-hydrogen) atoms. The third-order valence-corrected chi connectivity index (χ3v) is 6.14. The second-order valence-corrected chi connectivity index (χ2v) is 8.40. The molecule has 0 aliphatic rings. The molecule has 2 aromatic carbocycles. The molecule has 0 unspecified atom stereocenters. The number of aromatic nitrogens is 5. The van der Waals surface area contributed by atoms with Crippen molar-refractivity contribution in [1.82, 2.24) is 19.7 Å². The van der Waals surface area contributed by atoms with Gasteiger partial charge in [0.05, 0.1) is 41.2 Å². The number of nitrogens with one attached hydrogen (secondary N) is 1. The standard InChI is InChI=1S/C22H23N8S/c1-3-30(11-10-29-9-8-28(2)15-29)18-6-4-17(5-7-18)25-27-22-24-20-13-19-16(14-23-26-19)12-21(20)31-22/h4-9,12-15H,3,10-11H2,1-2H3,(H,23,26)/q+1/b27-25+. The summed E-state index contributed by atoms with van der Waals surface area (Å²) in [6.45, 7) is 5.01. The molecular formula is C22H23N8S+. The number of hydrogen-bond donors (Lipinski definition) is 1. The van der Waals surface area contributed by atoms with Crippen LogP contribution < -0.4 is 9.47 Å². The molecule has 3 aromatic heterocycles.